The summed E-state index contributed by atoms with van der Waals surface area (Å²) >= 11 is 12.2. The Kier molecular flexibility index (Phi) is 4.32. The Morgan fingerprint density at radius 2 is 1.95 bits per heavy atom. The Hall–Kier alpha value is -1.26. The van der Waals surface area contributed by atoms with Gasteiger partial charge in [-0.2, -0.15) is 0 Å². The highest BCUT2D eigenvalue weighted by molar-refractivity contribution is 6.36. The number of hydrogen-bond acceptors (Lipinski definition) is 2. The molecule has 0 bridgehead atoms. The lowest BCUT2D eigenvalue weighted by atomic mass is 10.1. The Bertz CT molecular complexity index is 499. The zero-order chi connectivity index (χ0) is 14.0. The molecule has 1 aliphatic rings. The normalized spacial score (nSPS) is 20.2. The molecule has 1 unspecified atom stereocenters. The molecule has 4 nitrogen and oxygen atoms in total. The molecule has 0 aromatic heterocycles. The van der Waals surface area contributed by atoms with Gasteiger partial charge in [-0.15, -0.1) is 0 Å². The van der Waals surface area contributed by atoms with Crippen molar-refractivity contribution in [2.75, 3.05) is 6.54 Å². The molecule has 1 saturated heterocycles. The van der Waals surface area contributed by atoms with Gasteiger partial charge in [0.15, 0.2) is 0 Å². The van der Waals surface area contributed by atoms with Crippen LogP contribution in [0.5, 0.6) is 0 Å². The summed E-state index contributed by atoms with van der Waals surface area (Å²) in [5.41, 5.74) is 0.709. The van der Waals surface area contributed by atoms with Gasteiger partial charge in [0.25, 0.3) is 0 Å². The number of rotatable bonds is 2. The number of hydrogen-bond donors (Lipinski definition) is 1. The molecular formula is C13H14Cl2N2O2. The smallest absolute Gasteiger partial charge is 0.242 e. The van der Waals surface area contributed by atoms with E-state index >= 15 is 0 Å². The highest BCUT2D eigenvalue weighted by atomic mass is 35.5. The van der Waals surface area contributed by atoms with E-state index in [0.29, 0.717) is 22.2 Å². The summed E-state index contributed by atoms with van der Waals surface area (Å²) in [4.78, 5) is 25.1. The molecule has 6 heteroatoms. The van der Waals surface area contributed by atoms with Crippen LogP contribution >= 0.6 is 23.2 Å². The average molecular weight is 301 g/mol. The van der Waals surface area contributed by atoms with Crippen LogP contribution in [0.4, 0.5) is 0 Å². The van der Waals surface area contributed by atoms with Crippen LogP contribution in [0.25, 0.3) is 0 Å². The van der Waals surface area contributed by atoms with Crippen LogP contribution < -0.4 is 5.32 Å². The van der Waals surface area contributed by atoms with E-state index in [1.54, 1.807) is 23.1 Å². The van der Waals surface area contributed by atoms with Crippen LogP contribution in [0.1, 0.15) is 18.9 Å². The van der Waals surface area contributed by atoms with Crippen molar-refractivity contribution in [1.82, 2.24) is 10.2 Å². The summed E-state index contributed by atoms with van der Waals surface area (Å²) in [6, 6.07) is 5.05. The molecule has 2 rings (SSSR count). The third kappa shape index (κ3) is 3.19. The van der Waals surface area contributed by atoms with Crippen molar-refractivity contribution in [2.24, 2.45) is 0 Å². The van der Waals surface area contributed by atoms with Crippen molar-refractivity contribution in [3.63, 3.8) is 0 Å². The molecule has 102 valence electrons. The van der Waals surface area contributed by atoms with Gasteiger partial charge in [0.1, 0.15) is 0 Å². The average Bonchev–Trinajstić information content (AvgIpc) is 2.46. The second kappa shape index (κ2) is 5.80. The van der Waals surface area contributed by atoms with Crippen molar-refractivity contribution >= 4 is 35.0 Å². The molecule has 1 fully saturated rings. The molecule has 1 aliphatic heterocycles. The van der Waals surface area contributed by atoms with E-state index in [9.17, 15) is 9.59 Å². The highest BCUT2D eigenvalue weighted by Crippen LogP contribution is 2.27. The van der Waals surface area contributed by atoms with E-state index in [1.807, 2.05) is 6.92 Å². The van der Waals surface area contributed by atoms with Crippen LogP contribution in [-0.4, -0.2) is 29.3 Å². The number of benzene rings is 1. The van der Waals surface area contributed by atoms with Crippen LogP contribution in [0.3, 0.4) is 0 Å². The van der Waals surface area contributed by atoms with Crippen molar-refractivity contribution in [3.05, 3.63) is 33.8 Å². The first-order chi connectivity index (χ1) is 8.99. The van der Waals surface area contributed by atoms with Gasteiger partial charge < -0.3 is 10.2 Å². The van der Waals surface area contributed by atoms with Gasteiger partial charge >= 0.3 is 0 Å². The molecule has 2 amide bonds. The molecular weight excluding hydrogens is 287 g/mol. The van der Waals surface area contributed by atoms with E-state index in [-0.39, 0.29) is 30.8 Å². The molecule has 0 saturated carbocycles. The Labute approximate surface area is 121 Å². The fourth-order valence-corrected chi connectivity index (χ4v) is 2.59. The fourth-order valence-electron chi connectivity index (χ4n) is 2.07. The first-order valence-electron chi connectivity index (χ1n) is 5.98. The molecule has 19 heavy (non-hydrogen) atoms. The zero-order valence-electron chi connectivity index (χ0n) is 10.5. The van der Waals surface area contributed by atoms with Gasteiger partial charge in [-0.25, -0.2) is 0 Å². The predicted molar refractivity (Wildman–Crippen MR) is 74.1 cm³/mol. The first-order valence-corrected chi connectivity index (χ1v) is 6.73. The van der Waals surface area contributed by atoms with Crippen LogP contribution in [0.15, 0.2) is 18.2 Å². The predicted octanol–water partition coefficient (Wildman–Crippen LogP) is 2.23. The second-order valence-electron chi connectivity index (χ2n) is 4.55. The summed E-state index contributed by atoms with van der Waals surface area (Å²) in [7, 11) is 0. The SMILES string of the molecule is CC1CC(=O)NCC(=O)N1Cc1c(Cl)cccc1Cl. The standard InChI is InChI=1S/C13H14Cl2N2O2/c1-8-5-12(18)16-6-13(19)17(8)7-9-10(14)3-2-4-11(9)15/h2-4,8H,5-7H2,1H3,(H,16,18). The number of carbonyl (C=O) groups excluding carboxylic acids is 2. The van der Waals surface area contributed by atoms with E-state index in [2.05, 4.69) is 5.32 Å². The minimum atomic E-state index is -0.178. The number of nitrogens with zero attached hydrogens (tertiary/aromatic N) is 1. The van der Waals surface area contributed by atoms with E-state index in [1.165, 1.54) is 0 Å². The number of halogens is 2. The molecule has 1 aromatic carbocycles. The maximum Gasteiger partial charge on any atom is 0.242 e. The fraction of sp³-hybridized carbons (Fsp3) is 0.385. The molecule has 1 atom stereocenters. The summed E-state index contributed by atoms with van der Waals surface area (Å²) in [6.45, 7) is 2.17. The van der Waals surface area contributed by atoms with E-state index in [0.717, 1.165) is 0 Å². The third-order valence-corrected chi connectivity index (χ3v) is 3.87. The summed E-state index contributed by atoms with van der Waals surface area (Å²) in [6.07, 6.45) is 0.286. The zero-order valence-corrected chi connectivity index (χ0v) is 12.0. The van der Waals surface area contributed by atoms with Gasteiger partial charge in [0.2, 0.25) is 11.8 Å². The quantitative estimate of drug-likeness (QED) is 0.910. The maximum absolute atomic E-state index is 12.0. The van der Waals surface area contributed by atoms with Crippen LogP contribution in [0.2, 0.25) is 10.0 Å². The van der Waals surface area contributed by atoms with Crippen molar-refractivity contribution in [1.29, 1.82) is 0 Å². The van der Waals surface area contributed by atoms with Crippen LogP contribution in [-0.2, 0) is 16.1 Å². The summed E-state index contributed by atoms with van der Waals surface area (Å²) in [5, 5.41) is 3.62. The van der Waals surface area contributed by atoms with Crippen LogP contribution in [0, 0.1) is 0 Å². The number of amides is 2. The number of nitrogens with one attached hydrogen (secondary N) is 1. The largest absolute Gasteiger partial charge is 0.347 e. The lowest BCUT2D eigenvalue weighted by molar-refractivity contribution is -0.132. The van der Waals surface area contributed by atoms with Crippen molar-refractivity contribution < 1.29 is 9.59 Å². The van der Waals surface area contributed by atoms with Gasteiger partial charge in [0, 0.05) is 34.6 Å². The topological polar surface area (TPSA) is 49.4 Å². The molecule has 1 heterocycles. The lowest BCUT2D eigenvalue weighted by Crippen LogP contribution is -2.39. The van der Waals surface area contributed by atoms with Crippen molar-refractivity contribution in [2.45, 2.75) is 25.9 Å². The van der Waals surface area contributed by atoms with Gasteiger partial charge in [-0.3, -0.25) is 9.59 Å². The Morgan fingerprint density at radius 1 is 1.32 bits per heavy atom. The molecule has 0 radical (unpaired) electrons. The lowest BCUT2D eigenvalue weighted by Gasteiger charge is -2.27. The monoisotopic (exact) mass is 300 g/mol. The minimum absolute atomic E-state index is 0.0191. The summed E-state index contributed by atoms with van der Waals surface area (Å²) < 4.78 is 0. The van der Waals surface area contributed by atoms with Gasteiger partial charge in [-0.1, -0.05) is 29.3 Å². The Morgan fingerprint density at radius 3 is 2.58 bits per heavy atom. The molecule has 1 aromatic rings. The van der Waals surface area contributed by atoms with E-state index < -0.39 is 0 Å². The van der Waals surface area contributed by atoms with Gasteiger partial charge in [-0.05, 0) is 19.1 Å². The third-order valence-electron chi connectivity index (χ3n) is 3.16. The van der Waals surface area contributed by atoms with E-state index in [4.69, 9.17) is 23.2 Å². The molecule has 0 spiro atoms. The second-order valence-corrected chi connectivity index (χ2v) is 5.37. The molecule has 0 aliphatic carbocycles. The first kappa shape index (κ1) is 14.2. The summed E-state index contributed by atoms with van der Waals surface area (Å²) in [5.74, 6) is -0.247. The van der Waals surface area contributed by atoms with Gasteiger partial charge in [0.05, 0.1) is 6.54 Å². The number of carbonyl (C=O) groups is 2. The Balaban J connectivity index is 2.25. The maximum atomic E-state index is 12.0. The highest BCUT2D eigenvalue weighted by Gasteiger charge is 2.27. The molecule has 1 N–H and O–H groups in total. The van der Waals surface area contributed by atoms with Crippen molar-refractivity contribution in [3.8, 4) is 0 Å². The minimum Gasteiger partial charge on any atom is -0.347 e.